The molecular formula is C12H13N5OS. The number of thiophene rings is 1. The Balaban J connectivity index is 2.18. The van der Waals surface area contributed by atoms with Crippen LogP contribution in [0.15, 0.2) is 12.4 Å². The Kier molecular flexibility index (Phi) is 3.94. The van der Waals surface area contributed by atoms with Gasteiger partial charge in [0.15, 0.2) is 0 Å². The minimum Gasteiger partial charge on any atom is -0.320 e. The normalized spacial score (nSPS) is 9.84. The monoisotopic (exact) mass is 275 g/mol. The lowest BCUT2D eigenvalue weighted by Gasteiger charge is -2.00. The van der Waals surface area contributed by atoms with Crippen LogP contribution in [0.1, 0.15) is 20.1 Å². The lowest BCUT2D eigenvalue weighted by molar-refractivity contribution is 0.102. The van der Waals surface area contributed by atoms with E-state index in [1.54, 1.807) is 13.1 Å². The van der Waals surface area contributed by atoms with E-state index in [-0.39, 0.29) is 5.91 Å². The summed E-state index contributed by atoms with van der Waals surface area (Å²) in [5, 5.41) is 6.58. The summed E-state index contributed by atoms with van der Waals surface area (Å²) >= 11 is 1.34. The second-order valence-electron chi connectivity index (χ2n) is 3.79. The smallest absolute Gasteiger partial charge is 0.268 e. The molecule has 2 aromatic rings. The minimum absolute atomic E-state index is 0.218. The van der Waals surface area contributed by atoms with E-state index in [0.29, 0.717) is 17.4 Å². The highest BCUT2D eigenvalue weighted by atomic mass is 32.1. The lowest BCUT2D eigenvalue weighted by Crippen LogP contribution is -2.14. The molecule has 0 radical (unpaired) electrons. The van der Waals surface area contributed by atoms with Gasteiger partial charge in [0.25, 0.3) is 5.91 Å². The average molecular weight is 275 g/mol. The first-order valence-electron chi connectivity index (χ1n) is 5.56. The van der Waals surface area contributed by atoms with Crippen LogP contribution in [0.4, 0.5) is 5.95 Å². The Morgan fingerprint density at radius 1 is 1.63 bits per heavy atom. The first-order valence-corrected chi connectivity index (χ1v) is 6.38. The summed E-state index contributed by atoms with van der Waals surface area (Å²) in [5.41, 5.74) is 6.30. The molecule has 0 aliphatic rings. The van der Waals surface area contributed by atoms with Crippen LogP contribution in [0.2, 0.25) is 0 Å². The molecule has 6 nitrogen and oxygen atoms in total. The summed E-state index contributed by atoms with van der Waals surface area (Å²) < 4.78 is 1.49. The predicted molar refractivity (Wildman–Crippen MR) is 73.9 cm³/mol. The number of carbonyl (C=O) groups is 1. The van der Waals surface area contributed by atoms with Crippen LogP contribution in [0.3, 0.4) is 0 Å². The van der Waals surface area contributed by atoms with Gasteiger partial charge in [-0.15, -0.1) is 11.3 Å². The maximum Gasteiger partial charge on any atom is 0.268 e. The largest absolute Gasteiger partial charge is 0.320 e. The van der Waals surface area contributed by atoms with Crippen LogP contribution in [-0.4, -0.2) is 27.2 Å². The van der Waals surface area contributed by atoms with Gasteiger partial charge in [-0.1, -0.05) is 11.8 Å². The van der Waals surface area contributed by atoms with Crippen LogP contribution >= 0.6 is 11.3 Å². The lowest BCUT2D eigenvalue weighted by atomic mass is 10.2. The Hall–Kier alpha value is -2.17. The van der Waals surface area contributed by atoms with Crippen molar-refractivity contribution >= 4 is 23.2 Å². The third-order valence-electron chi connectivity index (χ3n) is 2.38. The molecule has 3 N–H and O–H groups in total. The fourth-order valence-electron chi connectivity index (χ4n) is 1.42. The van der Waals surface area contributed by atoms with Crippen LogP contribution < -0.4 is 11.1 Å². The SMILES string of the molecule is Cc1cc(C(=O)Nc2ncnn2C)sc1C#CCN. The highest BCUT2D eigenvalue weighted by molar-refractivity contribution is 7.14. The zero-order valence-electron chi connectivity index (χ0n) is 10.6. The van der Waals surface area contributed by atoms with Crippen molar-refractivity contribution in [3.63, 3.8) is 0 Å². The number of anilines is 1. The van der Waals surface area contributed by atoms with E-state index in [1.807, 2.05) is 6.92 Å². The van der Waals surface area contributed by atoms with Gasteiger partial charge in [-0.25, -0.2) is 4.68 Å². The zero-order valence-corrected chi connectivity index (χ0v) is 11.4. The average Bonchev–Trinajstić information content (AvgIpc) is 2.94. The van der Waals surface area contributed by atoms with Gasteiger partial charge in [0.05, 0.1) is 16.3 Å². The quantitative estimate of drug-likeness (QED) is 0.792. The molecule has 1 amide bonds. The Bertz CT molecular complexity index is 661. The van der Waals surface area contributed by atoms with E-state index >= 15 is 0 Å². The molecule has 0 unspecified atom stereocenters. The molecule has 98 valence electrons. The number of nitrogens with two attached hydrogens (primary N) is 1. The fourth-order valence-corrected chi connectivity index (χ4v) is 2.36. The molecule has 2 rings (SSSR count). The van der Waals surface area contributed by atoms with E-state index < -0.39 is 0 Å². The van der Waals surface area contributed by atoms with Crippen molar-refractivity contribution in [2.24, 2.45) is 12.8 Å². The molecule has 0 aromatic carbocycles. The molecule has 0 fully saturated rings. The van der Waals surface area contributed by atoms with Gasteiger partial charge in [0, 0.05) is 7.05 Å². The second kappa shape index (κ2) is 5.65. The van der Waals surface area contributed by atoms with Gasteiger partial charge in [-0.3, -0.25) is 10.1 Å². The van der Waals surface area contributed by atoms with Gasteiger partial charge in [0.2, 0.25) is 5.95 Å². The molecule has 0 spiro atoms. The first kappa shape index (κ1) is 13.3. The molecule has 0 atom stereocenters. The maximum absolute atomic E-state index is 12.0. The Labute approximate surface area is 114 Å². The first-order chi connectivity index (χ1) is 9.11. The standard InChI is InChI=1S/C12H13N5OS/c1-8-6-10(19-9(8)4-3-5-13)11(18)16-12-14-7-15-17(12)2/h6-7H,5,13H2,1-2H3,(H,14,15,16,18). The Morgan fingerprint density at radius 2 is 2.42 bits per heavy atom. The Morgan fingerprint density at radius 3 is 3.05 bits per heavy atom. The van der Waals surface area contributed by atoms with E-state index in [1.165, 1.54) is 22.3 Å². The number of nitrogens with one attached hydrogen (secondary N) is 1. The van der Waals surface area contributed by atoms with E-state index in [2.05, 4.69) is 27.2 Å². The number of aromatic nitrogens is 3. The minimum atomic E-state index is -0.218. The van der Waals surface area contributed by atoms with Crippen molar-refractivity contribution in [3.8, 4) is 11.8 Å². The number of aryl methyl sites for hydroxylation is 2. The number of hydrogen-bond acceptors (Lipinski definition) is 5. The summed E-state index contributed by atoms with van der Waals surface area (Å²) in [7, 11) is 1.71. The van der Waals surface area contributed by atoms with Crippen molar-refractivity contribution in [1.29, 1.82) is 0 Å². The van der Waals surface area contributed by atoms with Crippen LogP contribution in [0, 0.1) is 18.8 Å². The summed E-state index contributed by atoms with van der Waals surface area (Å²) in [6.07, 6.45) is 1.38. The summed E-state index contributed by atoms with van der Waals surface area (Å²) in [5.74, 6) is 5.92. The summed E-state index contributed by atoms with van der Waals surface area (Å²) in [6, 6.07) is 1.80. The van der Waals surface area contributed by atoms with E-state index in [4.69, 9.17) is 5.73 Å². The van der Waals surface area contributed by atoms with Gasteiger partial charge in [-0.05, 0) is 18.6 Å². The molecule has 2 aromatic heterocycles. The number of hydrogen-bond donors (Lipinski definition) is 2. The fraction of sp³-hybridized carbons (Fsp3) is 0.250. The van der Waals surface area contributed by atoms with Crippen LogP contribution in [0.5, 0.6) is 0 Å². The second-order valence-corrected chi connectivity index (χ2v) is 4.84. The molecular weight excluding hydrogens is 262 g/mol. The number of nitrogens with zero attached hydrogens (tertiary/aromatic N) is 3. The van der Waals surface area contributed by atoms with Gasteiger partial charge in [0.1, 0.15) is 6.33 Å². The molecule has 0 aliphatic carbocycles. The van der Waals surface area contributed by atoms with E-state index in [0.717, 1.165) is 10.4 Å². The summed E-state index contributed by atoms with van der Waals surface area (Å²) in [4.78, 5) is 17.4. The van der Waals surface area contributed by atoms with Gasteiger partial charge >= 0.3 is 0 Å². The topological polar surface area (TPSA) is 85.8 Å². The molecule has 0 saturated carbocycles. The van der Waals surface area contributed by atoms with Crippen molar-refractivity contribution in [2.75, 3.05) is 11.9 Å². The third-order valence-corrected chi connectivity index (χ3v) is 3.53. The molecule has 19 heavy (non-hydrogen) atoms. The number of amides is 1. The van der Waals surface area contributed by atoms with Crippen molar-refractivity contribution in [2.45, 2.75) is 6.92 Å². The highest BCUT2D eigenvalue weighted by Crippen LogP contribution is 2.21. The van der Waals surface area contributed by atoms with E-state index in [9.17, 15) is 4.79 Å². The number of rotatable bonds is 2. The highest BCUT2D eigenvalue weighted by Gasteiger charge is 2.13. The van der Waals surface area contributed by atoms with Gasteiger partial charge < -0.3 is 5.73 Å². The number of carbonyl (C=O) groups excluding carboxylic acids is 1. The molecule has 7 heteroatoms. The zero-order chi connectivity index (χ0) is 13.8. The van der Waals surface area contributed by atoms with Crippen molar-refractivity contribution in [3.05, 3.63) is 27.7 Å². The summed E-state index contributed by atoms with van der Waals surface area (Å²) in [6.45, 7) is 2.22. The third kappa shape index (κ3) is 2.99. The van der Waals surface area contributed by atoms with Crippen molar-refractivity contribution in [1.82, 2.24) is 14.8 Å². The predicted octanol–water partition coefficient (Wildman–Crippen LogP) is 0.748. The maximum atomic E-state index is 12.0. The molecule has 2 heterocycles. The molecule has 0 bridgehead atoms. The van der Waals surface area contributed by atoms with Crippen molar-refractivity contribution < 1.29 is 4.79 Å². The van der Waals surface area contributed by atoms with Crippen LogP contribution in [0.25, 0.3) is 0 Å². The molecule has 0 saturated heterocycles. The van der Waals surface area contributed by atoms with Gasteiger partial charge in [-0.2, -0.15) is 10.1 Å². The molecule has 0 aliphatic heterocycles. The van der Waals surface area contributed by atoms with Crippen LogP contribution in [-0.2, 0) is 7.05 Å².